The summed E-state index contributed by atoms with van der Waals surface area (Å²) in [6.07, 6.45) is 11.5. The Labute approximate surface area is 101 Å². The smallest absolute Gasteiger partial charge is 0.0181 e. The Kier molecular flexibility index (Phi) is 3.63. The molecular weight excluding hydrogens is 194 g/mol. The van der Waals surface area contributed by atoms with Crippen LogP contribution in [0, 0.1) is 11.3 Å². The van der Waals surface area contributed by atoms with E-state index in [1.54, 1.807) is 0 Å². The van der Waals surface area contributed by atoms with Crippen molar-refractivity contribution in [3.8, 4) is 0 Å². The van der Waals surface area contributed by atoms with E-state index in [9.17, 15) is 0 Å². The molecule has 1 saturated heterocycles. The van der Waals surface area contributed by atoms with E-state index in [2.05, 4.69) is 26.1 Å². The SMILES string of the molecule is CC(C)(C)C1CCC2(CCCCCN2)CC1. The third-order valence-electron chi connectivity index (χ3n) is 5.00. The van der Waals surface area contributed by atoms with Crippen molar-refractivity contribution >= 4 is 0 Å². The van der Waals surface area contributed by atoms with Gasteiger partial charge in [0.15, 0.2) is 0 Å². The molecule has 0 radical (unpaired) electrons. The van der Waals surface area contributed by atoms with Crippen molar-refractivity contribution in [1.29, 1.82) is 0 Å². The maximum Gasteiger partial charge on any atom is 0.0181 e. The minimum Gasteiger partial charge on any atom is -0.311 e. The highest BCUT2D eigenvalue weighted by molar-refractivity contribution is 4.95. The fourth-order valence-corrected chi connectivity index (χ4v) is 3.67. The molecule has 1 N–H and O–H groups in total. The van der Waals surface area contributed by atoms with Gasteiger partial charge in [-0.15, -0.1) is 0 Å². The molecule has 1 aliphatic carbocycles. The zero-order valence-corrected chi connectivity index (χ0v) is 11.4. The van der Waals surface area contributed by atoms with Crippen LogP contribution in [0.15, 0.2) is 0 Å². The van der Waals surface area contributed by atoms with Crippen LogP contribution in [0.5, 0.6) is 0 Å². The quantitative estimate of drug-likeness (QED) is 0.651. The van der Waals surface area contributed by atoms with Gasteiger partial charge >= 0.3 is 0 Å². The molecule has 16 heavy (non-hydrogen) atoms. The zero-order chi connectivity index (χ0) is 11.6. The van der Waals surface area contributed by atoms with E-state index >= 15 is 0 Å². The van der Waals surface area contributed by atoms with Crippen molar-refractivity contribution in [2.75, 3.05) is 6.54 Å². The fourth-order valence-electron chi connectivity index (χ4n) is 3.67. The third kappa shape index (κ3) is 2.80. The van der Waals surface area contributed by atoms with Crippen LogP contribution in [-0.4, -0.2) is 12.1 Å². The first-order valence-corrected chi connectivity index (χ1v) is 7.27. The van der Waals surface area contributed by atoms with Crippen molar-refractivity contribution in [2.45, 2.75) is 77.7 Å². The van der Waals surface area contributed by atoms with Crippen LogP contribution in [0.2, 0.25) is 0 Å². The first-order valence-electron chi connectivity index (χ1n) is 7.27. The summed E-state index contributed by atoms with van der Waals surface area (Å²) in [6, 6.07) is 0. The Hall–Kier alpha value is -0.0400. The second kappa shape index (κ2) is 4.68. The van der Waals surface area contributed by atoms with E-state index < -0.39 is 0 Å². The number of nitrogens with one attached hydrogen (secondary N) is 1. The molecule has 0 aromatic heterocycles. The Morgan fingerprint density at radius 2 is 1.62 bits per heavy atom. The maximum absolute atomic E-state index is 3.87. The topological polar surface area (TPSA) is 12.0 Å². The molecule has 1 nitrogen and oxygen atoms in total. The predicted molar refractivity (Wildman–Crippen MR) is 70.6 cm³/mol. The summed E-state index contributed by atoms with van der Waals surface area (Å²) in [4.78, 5) is 0. The van der Waals surface area contributed by atoms with E-state index in [0.717, 1.165) is 5.92 Å². The van der Waals surface area contributed by atoms with Gasteiger partial charge in [0.2, 0.25) is 0 Å². The number of hydrogen-bond acceptors (Lipinski definition) is 1. The van der Waals surface area contributed by atoms with Gasteiger partial charge in [0.05, 0.1) is 0 Å². The summed E-state index contributed by atoms with van der Waals surface area (Å²) in [5.74, 6) is 0.947. The lowest BCUT2D eigenvalue weighted by atomic mass is 9.66. The highest BCUT2D eigenvalue weighted by atomic mass is 15.0. The second-order valence-electron chi connectivity index (χ2n) is 7.16. The molecule has 1 spiro atoms. The lowest BCUT2D eigenvalue weighted by molar-refractivity contribution is 0.111. The summed E-state index contributed by atoms with van der Waals surface area (Å²) in [6.45, 7) is 8.50. The molecule has 2 aliphatic rings. The summed E-state index contributed by atoms with van der Waals surface area (Å²) < 4.78 is 0. The van der Waals surface area contributed by atoms with Crippen molar-refractivity contribution in [2.24, 2.45) is 11.3 Å². The average molecular weight is 223 g/mol. The molecule has 0 amide bonds. The standard InChI is InChI=1S/C15H29N/c1-14(2,3)13-7-10-15(11-8-13)9-5-4-6-12-16-15/h13,16H,4-12H2,1-3H3. The first kappa shape index (κ1) is 12.4. The van der Waals surface area contributed by atoms with Crippen LogP contribution in [0.4, 0.5) is 0 Å². The van der Waals surface area contributed by atoms with Crippen LogP contribution in [-0.2, 0) is 0 Å². The molecule has 0 unspecified atom stereocenters. The lowest BCUT2D eigenvalue weighted by Gasteiger charge is -2.44. The molecule has 0 bridgehead atoms. The largest absolute Gasteiger partial charge is 0.311 e. The molecule has 0 atom stereocenters. The van der Waals surface area contributed by atoms with E-state index in [4.69, 9.17) is 0 Å². The third-order valence-corrected chi connectivity index (χ3v) is 5.00. The van der Waals surface area contributed by atoms with Crippen molar-refractivity contribution < 1.29 is 0 Å². The number of hydrogen-bond donors (Lipinski definition) is 1. The molecule has 2 rings (SSSR count). The van der Waals surface area contributed by atoms with E-state index in [1.165, 1.54) is 57.9 Å². The van der Waals surface area contributed by atoms with Crippen LogP contribution in [0.25, 0.3) is 0 Å². The van der Waals surface area contributed by atoms with E-state index in [-0.39, 0.29) is 0 Å². The van der Waals surface area contributed by atoms with Crippen molar-refractivity contribution in [3.63, 3.8) is 0 Å². The molecule has 2 fully saturated rings. The highest BCUT2D eigenvalue weighted by Crippen LogP contribution is 2.43. The maximum atomic E-state index is 3.87. The number of rotatable bonds is 0. The first-order chi connectivity index (χ1) is 7.52. The van der Waals surface area contributed by atoms with Crippen LogP contribution in [0.3, 0.4) is 0 Å². The van der Waals surface area contributed by atoms with Gasteiger partial charge in [-0.05, 0) is 56.4 Å². The van der Waals surface area contributed by atoms with Gasteiger partial charge in [0, 0.05) is 5.54 Å². The Balaban J connectivity index is 1.92. The minimum absolute atomic E-state index is 0.520. The average Bonchev–Trinajstić information content (AvgIpc) is 2.43. The normalized spacial score (nSPS) is 37.3. The summed E-state index contributed by atoms with van der Waals surface area (Å²) in [7, 11) is 0. The predicted octanol–water partition coefficient (Wildman–Crippen LogP) is 4.13. The Morgan fingerprint density at radius 3 is 2.25 bits per heavy atom. The molecular formula is C15H29N. The zero-order valence-electron chi connectivity index (χ0n) is 11.4. The van der Waals surface area contributed by atoms with Crippen molar-refractivity contribution in [1.82, 2.24) is 5.32 Å². The highest BCUT2D eigenvalue weighted by Gasteiger charge is 2.38. The minimum atomic E-state index is 0.520. The van der Waals surface area contributed by atoms with Crippen LogP contribution >= 0.6 is 0 Å². The molecule has 1 heterocycles. The van der Waals surface area contributed by atoms with E-state index in [0.29, 0.717) is 11.0 Å². The molecule has 1 aliphatic heterocycles. The molecule has 0 aromatic carbocycles. The summed E-state index contributed by atoms with van der Waals surface area (Å²) in [5.41, 5.74) is 1.06. The molecule has 94 valence electrons. The summed E-state index contributed by atoms with van der Waals surface area (Å²) in [5, 5.41) is 3.87. The van der Waals surface area contributed by atoms with Gasteiger partial charge in [-0.2, -0.15) is 0 Å². The van der Waals surface area contributed by atoms with Gasteiger partial charge in [-0.1, -0.05) is 33.6 Å². The summed E-state index contributed by atoms with van der Waals surface area (Å²) >= 11 is 0. The Bertz CT molecular complexity index is 208. The molecule has 1 heteroatoms. The monoisotopic (exact) mass is 223 g/mol. The van der Waals surface area contributed by atoms with Gasteiger partial charge < -0.3 is 5.32 Å². The molecule has 1 saturated carbocycles. The second-order valence-corrected chi connectivity index (χ2v) is 7.16. The fraction of sp³-hybridized carbons (Fsp3) is 1.00. The van der Waals surface area contributed by atoms with Crippen molar-refractivity contribution in [3.05, 3.63) is 0 Å². The van der Waals surface area contributed by atoms with Gasteiger partial charge in [-0.25, -0.2) is 0 Å². The van der Waals surface area contributed by atoms with Gasteiger partial charge in [0.1, 0.15) is 0 Å². The molecule has 0 aromatic rings. The van der Waals surface area contributed by atoms with E-state index in [1.807, 2.05) is 0 Å². The van der Waals surface area contributed by atoms with Crippen LogP contribution < -0.4 is 5.32 Å². The lowest BCUT2D eigenvalue weighted by Crippen LogP contribution is -2.48. The van der Waals surface area contributed by atoms with Gasteiger partial charge in [-0.3, -0.25) is 0 Å². The van der Waals surface area contributed by atoms with Crippen LogP contribution in [0.1, 0.15) is 72.1 Å². The van der Waals surface area contributed by atoms with Gasteiger partial charge in [0.25, 0.3) is 0 Å². The Morgan fingerprint density at radius 1 is 0.938 bits per heavy atom.